The highest BCUT2D eigenvalue weighted by Gasteiger charge is 2.37. The predicted octanol–water partition coefficient (Wildman–Crippen LogP) is 6.98. The summed E-state index contributed by atoms with van der Waals surface area (Å²) in [4.78, 5) is 32.2. The number of hydrogen-bond donors (Lipinski definition) is 2. The predicted molar refractivity (Wildman–Crippen MR) is 160 cm³/mol. The molecule has 5 aromatic rings. The number of benzene rings is 4. The number of nitrogens with zero attached hydrogens (tertiary/aromatic N) is 2. The van der Waals surface area contributed by atoms with Crippen molar-refractivity contribution in [2.24, 2.45) is 0 Å². The number of H-pyrrole nitrogens is 1. The average Bonchev–Trinajstić information content (AvgIpc) is 3.59. The molecule has 0 bridgehead atoms. The summed E-state index contributed by atoms with van der Waals surface area (Å²) in [5, 5.41) is 14.4. The Morgan fingerprint density at radius 2 is 1.78 bits per heavy atom. The van der Waals surface area contributed by atoms with Gasteiger partial charge in [-0.25, -0.2) is 0 Å². The SMILES string of the molecule is CCc1cccc2c1[nH]c1ccc(NC(=O)[C@@H]3CC(=CC#N)CN3C(=O)c3ccc(Oc4ccccc4)cc3)cc12. The van der Waals surface area contributed by atoms with E-state index in [9.17, 15) is 14.9 Å². The van der Waals surface area contributed by atoms with Crippen LogP contribution in [-0.2, 0) is 11.2 Å². The van der Waals surface area contributed by atoms with Crippen LogP contribution in [-0.4, -0.2) is 34.3 Å². The second kappa shape index (κ2) is 11.0. The maximum atomic E-state index is 13.6. The number of ether oxygens (including phenoxy) is 1. The standard InChI is InChI=1S/C34H28N4O3/c1-2-23-7-6-10-28-29-20-25(13-16-30(29)37-32(23)28)36-33(39)31-19-22(17-18-35)21-38(31)34(40)24-11-14-27(15-12-24)41-26-8-4-3-5-9-26/h3-17,20,31,37H,2,19,21H2,1H3,(H,36,39)/t31-/m0/s1. The normalized spacial score (nSPS) is 15.8. The average molecular weight is 541 g/mol. The van der Waals surface area contributed by atoms with Crippen molar-refractivity contribution in [2.75, 3.05) is 11.9 Å². The fraction of sp³-hybridized carbons (Fsp3) is 0.147. The molecule has 2 heterocycles. The highest BCUT2D eigenvalue weighted by molar-refractivity contribution is 6.10. The second-order valence-electron chi connectivity index (χ2n) is 10.1. The van der Waals surface area contributed by atoms with E-state index in [1.54, 1.807) is 24.3 Å². The van der Waals surface area contributed by atoms with Gasteiger partial charge >= 0.3 is 0 Å². The first kappa shape index (κ1) is 25.9. The number of rotatable bonds is 6. The smallest absolute Gasteiger partial charge is 0.254 e. The topological polar surface area (TPSA) is 98.2 Å². The highest BCUT2D eigenvalue weighted by Crippen LogP contribution is 2.31. The molecule has 1 fully saturated rings. The number of hydrogen-bond acceptors (Lipinski definition) is 4. The van der Waals surface area contributed by atoms with Crippen molar-refractivity contribution >= 4 is 39.3 Å². The Bertz CT molecular complexity index is 1830. The Morgan fingerprint density at radius 1 is 1.00 bits per heavy atom. The molecule has 0 aliphatic carbocycles. The number of aromatic amines is 1. The molecule has 2 amide bonds. The molecule has 0 spiro atoms. The van der Waals surface area contributed by atoms with E-state index in [1.807, 2.05) is 60.7 Å². The summed E-state index contributed by atoms with van der Waals surface area (Å²) in [5.74, 6) is 0.729. The van der Waals surface area contributed by atoms with Crippen LogP contribution in [0.5, 0.6) is 11.5 Å². The van der Waals surface area contributed by atoms with E-state index in [0.717, 1.165) is 33.8 Å². The van der Waals surface area contributed by atoms with Crippen molar-refractivity contribution < 1.29 is 14.3 Å². The van der Waals surface area contributed by atoms with Crippen LogP contribution in [0.2, 0.25) is 0 Å². The van der Waals surface area contributed by atoms with Crippen LogP contribution in [0.3, 0.4) is 0 Å². The molecule has 0 radical (unpaired) electrons. The van der Waals surface area contributed by atoms with Gasteiger partial charge in [-0.2, -0.15) is 5.26 Å². The molecule has 1 atom stereocenters. The molecule has 4 aromatic carbocycles. The van der Waals surface area contributed by atoms with Gasteiger partial charge in [0.15, 0.2) is 0 Å². The number of anilines is 1. The molecular formula is C34H28N4O3. The molecule has 1 saturated heterocycles. The number of nitrogens with one attached hydrogen (secondary N) is 2. The van der Waals surface area contributed by atoms with Crippen LogP contribution < -0.4 is 10.1 Å². The third kappa shape index (κ3) is 5.15. The fourth-order valence-corrected chi connectivity index (χ4v) is 5.43. The fourth-order valence-electron chi connectivity index (χ4n) is 5.43. The molecular weight excluding hydrogens is 512 g/mol. The Labute approximate surface area is 237 Å². The largest absolute Gasteiger partial charge is 0.457 e. The van der Waals surface area contributed by atoms with Crippen molar-refractivity contribution in [1.82, 2.24) is 9.88 Å². The van der Waals surface area contributed by atoms with Crippen LogP contribution >= 0.6 is 0 Å². The lowest BCUT2D eigenvalue weighted by atomic mass is 10.1. The zero-order valence-corrected chi connectivity index (χ0v) is 22.6. The van der Waals surface area contributed by atoms with E-state index in [2.05, 4.69) is 29.4 Å². The number of carbonyl (C=O) groups is 2. The summed E-state index contributed by atoms with van der Waals surface area (Å²) in [6, 6.07) is 29.6. The van der Waals surface area contributed by atoms with E-state index in [0.29, 0.717) is 29.2 Å². The minimum atomic E-state index is -0.743. The lowest BCUT2D eigenvalue weighted by Crippen LogP contribution is -2.43. The second-order valence-corrected chi connectivity index (χ2v) is 10.1. The Hall–Kier alpha value is -5.35. The molecule has 202 valence electrons. The van der Waals surface area contributed by atoms with Gasteiger partial charge in [-0.15, -0.1) is 0 Å². The molecule has 7 heteroatoms. The first-order valence-corrected chi connectivity index (χ1v) is 13.6. The van der Waals surface area contributed by atoms with E-state index in [4.69, 9.17) is 4.74 Å². The molecule has 1 aliphatic heterocycles. The first-order chi connectivity index (χ1) is 20.0. The molecule has 0 saturated carbocycles. The third-order valence-corrected chi connectivity index (χ3v) is 7.49. The van der Waals surface area contributed by atoms with Crippen molar-refractivity contribution in [3.63, 3.8) is 0 Å². The van der Waals surface area contributed by atoms with Crippen LogP contribution in [0.15, 0.2) is 103 Å². The van der Waals surface area contributed by atoms with Gasteiger partial charge in [0.25, 0.3) is 5.91 Å². The zero-order chi connectivity index (χ0) is 28.3. The Kier molecular flexibility index (Phi) is 6.97. The van der Waals surface area contributed by atoms with Crippen LogP contribution in [0.4, 0.5) is 5.69 Å². The molecule has 6 rings (SSSR count). The number of nitriles is 1. The number of carbonyl (C=O) groups excluding carboxylic acids is 2. The van der Waals surface area contributed by atoms with Gasteiger partial charge in [-0.1, -0.05) is 43.3 Å². The van der Waals surface area contributed by atoms with Gasteiger partial charge in [0.05, 0.1) is 6.07 Å². The van der Waals surface area contributed by atoms with Crippen molar-refractivity contribution in [3.8, 4) is 17.6 Å². The summed E-state index contributed by atoms with van der Waals surface area (Å²) >= 11 is 0. The van der Waals surface area contributed by atoms with E-state index < -0.39 is 6.04 Å². The summed E-state index contributed by atoms with van der Waals surface area (Å²) in [6.45, 7) is 2.34. The lowest BCUT2D eigenvalue weighted by Gasteiger charge is -2.24. The van der Waals surface area contributed by atoms with Crippen molar-refractivity contribution in [3.05, 3.63) is 114 Å². The van der Waals surface area contributed by atoms with Crippen molar-refractivity contribution in [1.29, 1.82) is 5.26 Å². The number of aryl methyl sites for hydroxylation is 1. The maximum absolute atomic E-state index is 13.6. The quantitative estimate of drug-likeness (QED) is 0.227. The molecule has 1 aromatic heterocycles. The minimum absolute atomic E-state index is 0.216. The van der Waals surface area contributed by atoms with Gasteiger partial charge in [0.2, 0.25) is 5.91 Å². The summed E-state index contributed by atoms with van der Waals surface area (Å²) in [7, 11) is 0. The van der Waals surface area contributed by atoms with Gasteiger partial charge in [0.1, 0.15) is 17.5 Å². The molecule has 2 N–H and O–H groups in total. The number of fused-ring (bicyclic) bond motifs is 3. The number of likely N-dealkylation sites (tertiary alicyclic amines) is 1. The zero-order valence-electron chi connectivity index (χ0n) is 22.6. The van der Waals surface area contributed by atoms with Gasteiger partial charge in [-0.05, 0) is 72.2 Å². The van der Waals surface area contributed by atoms with E-state index in [1.165, 1.54) is 16.5 Å². The highest BCUT2D eigenvalue weighted by atomic mass is 16.5. The Morgan fingerprint density at radius 3 is 2.54 bits per heavy atom. The van der Waals surface area contributed by atoms with Crippen LogP contribution in [0.25, 0.3) is 21.8 Å². The number of para-hydroxylation sites is 2. The molecule has 41 heavy (non-hydrogen) atoms. The van der Waals surface area contributed by atoms with Crippen LogP contribution in [0, 0.1) is 11.3 Å². The third-order valence-electron chi connectivity index (χ3n) is 7.49. The molecule has 0 unspecified atom stereocenters. The van der Waals surface area contributed by atoms with E-state index in [-0.39, 0.29) is 18.4 Å². The maximum Gasteiger partial charge on any atom is 0.254 e. The monoisotopic (exact) mass is 540 g/mol. The molecule has 7 nitrogen and oxygen atoms in total. The number of amides is 2. The van der Waals surface area contributed by atoms with Crippen LogP contribution in [0.1, 0.15) is 29.3 Å². The minimum Gasteiger partial charge on any atom is -0.457 e. The lowest BCUT2D eigenvalue weighted by molar-refractivity contribution is -0.119. The Balaban J connectivity index is 1.23. The number of allylic oxidation sites excluding steroid dienone is 1. The van der Waals surface area contributed by atoms with Gasteiger partial charge in [-0.3, -0.25) is 9.59 Å². The van der Waals surface area contributed by atoms with E-state index >= 15 is 0 Å². The summed E-state index contributed by atoms with van der Waals surface area (Å²) < 4.78 is 5.84. The van der Waals surface area contributed by atoms with Gasteiger partial charge in [0, 0.05) is 52.1 Å². The summed E-state index contributed by atoms with van der Waals surface area (Å²) in [6.07, 6.45) is 2.64. The first-order valence-electron chi connectivity index (χ1n) is 13.6. The van der Waals surface area contributed by atoms with Crippen molar-refractivity contribution in [2.45, 2.75) is 25.8 Å². The molecule has 1 aliphatic rings. The number of aromatic nitrogens is 1. The summed E-state index contributed by atoms with van der Waals surface area (Å²) in [5.41, 5.74) is 5.17. The van der Waals surface area contributed by atoms with Gasteiger partial charge < -0.3 is 19.9 Å².